The topological polar surface area (TPSA) is 59.0 Å². The van der Waals surface area contributed by atoms with Gasteiger partial charge in [0.1, 0.15) is 0 Å². The van der Waals surface area contributed by atoms with E-state index in [9.17, 15) is 4.79 Å². The normalized spacial score (nSPS) is 11.0. The summed E-state index contributed by atoms with van der Waals surface area (Å²) in [6.45, 7) is 6.21. The first kappa shape index (κ1) is 17.0. The molecule has 0 amide bonds. The Labute approximate surface area is 147 Å². The van der Waals surface area contributed by atoms with Gasteiger partial charge in [0.2, 0.25) is 0 Å². The SMILES string of the molecule is CC(C)Cn1ccnc(NCCNc2cccc3ccccc23)c1=O. The fraction of sp³-hybridized carbons (Fsp3) is 0.300. The van der Waals surface area contributed by atoms with E-state index in [4.69, 9.17) is 0 Å². The second-order valence-corrected chi connectivity index (χ2v) is 6.51. The van der Waals surface area contributed by atoms with E-state index in [1.54, 1.807) is 17.0 Å². The molecule has 3 aromatic rings. The summed E-state index contributed by atoms with van der Waals surface area (Å²) in [7, 11) is 0. The van der Waals surface area contributed by atoms with Crippen LogP contribution in [0.4, 0.5) is 11.5 Å². The lowest BCUT2D eigenvalue weighted by Gasteiger charge is -2.12. The van der Waals surface area contributed by atoms with E-state index in [1.165, 1.54) is 10.8 Å². The average Bonchev–Trinajstić information content (AvgIpc) is 2.61. The molecule has 0 saturated heterocycles. The van der Waals surface area contributed by atoms with Crippen LogP contribution in [0.5, 0.6) is 0 Å². The molecule has 0 aliphatic heterocycles. The second kappa shape index (κ2) is 7.83. The van der Waals surface area contributed by atoms with Gasteiger partial charge in [-0.3, -0.25) is 4.79 Å². The third kappa shape index (κ3) is 4.18. The van der Waals surface area contributed by atoms with Crippen molar-refractivity contribution in [2.75, 3.05) is 23.7 Å². The molecule has 1 heterocycles. The van der Waals surface area contributed by atoms with Gasteiger partial charge < -0.3 is 15.2 Å². The van der Waals surface area contributed by atoms with Gasteiger partial charge in [-0.1, -0.05) is 50.2 Å². The van der Waals surface area contributed by atoms with Gasteiger partial charge in [-0.15, -0.1) is 0 Å². The van der Waals surface area contributed by atoms with Crippen LogP contribution in [0, 0.1) is 5.92 Å². The van der Waals surface area contributed by atoms with E-state index in [-0.39, 0.29) is 5.56 Å². The van der Waals surface area contributed by atoms with Crippen LogP contribution in [0.25, 0.3) is 10.8 Å². The lowest BCUT2D eigenvalue weighted by molar-refractivity contribution is 0.509. The molecular formula is C20H24N4O. The monoisotopic (exact) mass is 336 g/mol. The number of fused-ring (bicyclic) bond motifs is 1. The summed E-state index contributed by atoms with van der Waals surface area (Å²) in [4.78, 5) is 16.5. The summed E-state index contributed by atoms with van der Waals surface area (Å²) in [5.41, 5.74) is 1.03. The molecule has 0 unspecified atom stereocenters. The molecule has 0 radical (unpaired) electrons. The lowest BCUT2D eigenvalue weighted by atomic mass is 10.1. The predicted molar refractivity (Wildman–Crippen MR) is 104 cm³/mol. The largest absolute Gasteiger partial charge is 0.383 e. The molecule has 0 fully saturated rings. The summed E-state index contributed by atoms with van der Waals surface area (Å²) in [5, 5.41) is 8.97. The van der Waals surface area contributed by atoms with Gasteiger partial charge in [-0.05, 0) is 17.4 Å². The van der Waals surface area contributed by atoms with Crippen molar-refractivity contribution in [2.24, 2.45) is 5.92 Å². The van der Waals surface area contributed by atoms with Crippen LogP contribution < -0.4 is 16.2 Å². The standard InChI is InChI=1S/C20H24N4O/c1-15(2)14-24-13-12-23-19(20(24)25)22-11-10-21-18-9-5-7-16-6-3-4-8-17(16)18/h3-9,12-13,15,21H,10-11,14H2,1-2H3,(H,22,23). The fourth-order valence-corrected chi connectivity index (χ4v) is 2.86. The Kier molecular flexibility index (Phi) is 5.33. The minimum absolute atomic E-state index is 0.0682. The van der Waals surface area contributed by atoms with E-state index in [2.05, 4.69) is 53.7 Å². The Morgan fingerprint density at radius 1 is 1.04 bits per heavy atom. The second-order valence-electron chi connectivity index (χ2n) is 6.51. The Morgan fingerprint density at radius 3 is 2.64 bits per heavy atom. The number of aromatic nitrogens is 2. The van der Waals surface area contributed by atoms with E-state index < -0.39 is 0 Å². The van der Waals surface area contributed by atoms with Gasteiger partial charge in [-0.2, -0.15) is 0 Å². The fourth-order valence-electron chi connectivity index (χ4n) is 2.86. The Balaban J connectivity index is 1.61. The Hall–Kier alpha value is -2.82. The molecule has 0 atom stereocenters. The smallest absolute Gasteiger partial charge is 0.293 e. The highest BCUT2D eigenvalue weighted by Crippen LogP contribution is 2.22. The Morgan fingerprint density at radius 2 is 1.80 bits per heavy atom. The van der Waals surface area contributed by atoms with Crippen molar-refractivity contribution < 1.29 is 0 Å². The summed E-state index contributed by atoms with van der Waals surface area (Å²) >= 11 is 0. The van der Waals surface area contributed by atoms with Crippen LogP contribution in [0.2, 0.25) is 0 Å². The average molecular weight is 336 g/mol. The maximum Gasteiger partial charge on any atom is 0.293 e. The molecule has 130 valence electrons. The van der Waals surface area contributed by atoms with Crippen molar-refractivity contribution in [3.8, 4) is 0 Å². The zero-order valence-electron chi connectivity index (χ0n) is 14.7. The van der Waals surface area contributed by atoms with Crippen LogP contribution >= 0.6 is 0 Å². The molecule has 3 rings (SSSR count). The Bertz CT molecular complexity index is 896. The van der Waals surface area contributed by atoms with E-state index in [0.29, 0.717) is 31.4 Å². The van der Waals surface area contributed by atoms with Crippen molar-refractivity contribution in [3.63, 3.8) is 0 Å². The van der Waals surface area contributed by atoms with Crippen LogP contribution in [0.3, 0.4) is 0 Å². The first-order valence-electron chi connectivity index (χ1n) is 8.66. The highest BCUT2D eigenvalue weighted by atomic mass is 16.1. The molecule has 0 aliphatic carbocycles. The molecule has 0 bridgehead atoms. The highest BCUT2D eigenvalue weighted by molar-refractivity contribution is 5.93. The van der Waals surface area contributed by atoms with Crippen molar-refractivity contribution in [1.29, 1.82) is 0 Å². The van der Waals surface area contributed by atoms with Crippen LogP contribution in [-0.2, 0) is 6.54 Å². The van der Waals surface area contributed by atoms with Crippen molar-refractivity contribution in [3.05, 3.63) is 65.2 Å². The third-order valence-electron chi connectivity index (χ3n) is 4.00. The zero-order valence-corrected chi connectivity index (χ0v) is 14.7. The number of hydrogen-bond acceptors (Lipinski definition) is 4. The van der Waals surface area contributed by atoms with Gasteiger partial charge in [0.25, 0.3) is 5.56 Å². The summed E-state index contributed by atoms with van der Waals surface area (Å²) in [6, 6.07) is 14.5. The van der Waals surface area contributed by atoms with Crippen LogP contribution in [-0.4, -0.2) is 22.6 Å². The minimum atomic E-state index is -0.0682. The van der Waals surface area contributed by atoms with E-state index in [1.807, 2.05) is 18.2 Å². The maximum absolute atomic E-state index is 12.4. The third-order valence-corrected chi connectivity index (χ3v) is 4.00. The predicted octanol–water partition coefficient (Wildman–Crippen LogP) is 3.58. The maximum atomic E-state index is 12.4. The van der Waals surface area contributed by atoms with Crippen LogP contribution in [0.15, 0.2) is 59.7 Å². The molecule has 1 aromatic heterocycles. The number of rotatable bonds is 7. The molecule has 5 nitrogen and oxygen atoms in total. The number of benzene rings is 2. The van der Waals surface area contributed by atoms with Gasteiger partial charge in [0.05, 0.1) is 0 Å². The molecule has 0 spiro atoms. The van der Waals surface area contributed by atoms with Crippen molar-refractivity contribution >= 4 is 22.3 Å². The van der Waals surface area contributed by atoms with Gasteiger partial charge in [0.15, 0.2) is 5.82 Å². The van der Waals surface area contributed by atoms with Crippen molar-refractivity contribution in [2.45, 2.75) is 20.4 Å². The molecule has 2 N–H and O–H groups in total. The minimum Gasteiger partial charge on any atom is -0.383 e. The lowest BCUT2D eigenvalue weighted by Crippen LogP contribution is -2.27. The van der Waals surface area contributed by atoms with E-state index in [0.717, 1.165) is 5.69 Å². The first-order chi connectivity index (χ1) is 12.1. The molecule has 25 heavy (non-hydrogen) atoms. The number of nitrogens with one attached hydrogen (secondary N) is 2. The quantitative estimate of drug-likeness (QED) is 0.648. The van der Waals surface area contributed by atoms with Gasteiger partial charge in [-0.25, -0.2) is 4.98 Å². The summed E-state index contributed by atoms with van der Waals surface area (Å²) in [6.07, 6.45) is 3.41. The zero-order chi connectivity index (χ0) is 17.6. The molecule has 0 saturated carbocycles. The molecule has 0 aliphatic rings. The van der Waals surface area contributed by atoms with Gasteiger partial charge >= 0.3 is 0 Å². The molecule has 2 aromatic carbocycles. The summed E-state index contributed by atoms with van der Waals surface area (Å²) < 4.78 is 1.71. The van der Waals surface area contributed by atoms with E-state index >= 15 is 0 Å². The summed E-state index contributed by atoms with van der Waals surface area (Å²) in [5.74, 6) is 0.823. The number of hydrogen-bond donors (Lipinski definition) is 2. The first-order valence-corrected chi connectivity index (χ1v) is 8.66. The number of anilines is 2. The number of nitrogens with zero attached hydrogens (tertiary/aromatic N) is 2. The molecule has 5 heteroatoms. The van der Waals surface area contributed by atoms with Crippen LogP contribution in [0.1, 0.15) is 13.8 Å². The highest BCUT2D eigenvalue weighted by Gasteiger charge is 2.05. The van der Waals surface area contributed by atoms with Crippen molar-refractivity contribution in [1.82, 2.24) is 9.55 Å². The molecular weight excluding hydrogens is 312 g/mol. The van der Waals surface area contributed by atoms with Gasteiger partial charge in [0, 0.05) is 43.1 Å².